The van der Waals surface area contributed by atoms with Crippen molar-refractivity contribution in [2.24, 2.45) is 0 Å². The van der Waals surface area contributed by atoms with Crippen LogP contribution in [0.2, 0.25) is 0 Å². The van der Waals surface area contributed by atoms with Crippen LogP contribution >= 0.6 is 11.8 Å². The second-order valence-corrected chi connectivity index (χ2v) is 7.59. The second kappa shape index (κ2) is 6.64. The topological polar surface area (TPSA) is 97.1 Å². The molecule has 0 radical (unpaired) electrons. The molecule has 0 saturated carbocycles. The molecule has 24 heavy (non-hydrogen) atoms. The molecule has 1 aliphatic rings. The number of benzene rings is 1. The molecule has 0 bridgehead atoms. The van der Waals surface area contributed by atoms with Crippen LogP contribution in [0.3, 0.4) is 0 Å². The number of rotatable bonds is 4. The van der Waals surface area contributed by atoms with Gasteiger partial charge >= 0.3 is 0 Å². The summed E-state index contributed by atoms with van der Waals surface area (Å²) in [5.41, 5.74) is 0.820. The van der Waals surface area contributed by atoms with Crippen LogP contribution in [0.5, 0.6) is 0 Å². The van der Waals surface area contributed by atoms with Crippen LogP contribution in [0, 0.1) is 0 Å². The third kappa shape index (κ3) is 3.59. The summed E-state index contributed by atoms with van der Waals surface area (Å²) in [7, 11) is 0. The molecule has 7 nitrogen and oxygen atoms in total. The molecule has 1 aliphatic heterocycles. The summed E-state index contributed by atoms with van der Waals surface area (Å²) in [6.07, 6.45) is 0. The van der Waals surface area contributed by atoms with E-state index in [1.807, 2.05) is 44.2 Å². The Bertz CT molecular complexity index is 745. The lowest BCUT2D eigenvalue weighted by Gasteiger charge is -2.32. The molecule has 126 valence electrons. The third-order valence-corrected chi connectivity index (χ3v) is 5.10. The van der Waals surface area contributed by atoms with Crippen molar-refractivity contribution >= 4 is 23.6 Å². The number of nitrogens with one attached hydrogen (secondary N) is 2. The lowest BCUT2D eigenvalue weighted by atomic mass is 10.1. The van der Waals surface area contributed by atoms with Gasteiger partial charge in [0.15, 0.2) is 5.82 Å². The summed E-state index contributed by atoms with van der Waals surface area (Å²) in [5, 5.41) is 9.32. The number of thioether (sulfide) groups is 1. The van der Waals surface area contributed by atoms with Gasteiger partial charge in [-0.1, -0.05) is 23.4 Å². The molecule has 3 rings (SSSR count). The van der Waals surface area contributed by atoms with Crippen LogP contribution in [0.15, 0.2) is 34.9 Å². The molecule has 2 heterocycles. The zero-order chi connectivity index (χ0) is 17.2. The van der Waals surface area contributed by atoms with E-state index in [1.165, 1.54) is 11.8 Å². The van der Waals surface area contributed by atoms with E-state index < -0.39 is 10.8 Å². The molecule has 2 amide bonds. The van der Waals surface area contributed by atoms with Crippen molar-refractivity contribution < 1.29 is 14.1 Å². The molecule has 8 heteroatoms. The predicted octanol–water partition coefficient (Wildman–Crippen LogP) is 1.36. The summed E-state index contributed by atoms with van der Waals surface area (Å²) >= 11 is 1.47. The van der Waals surface area contributed by atoms with Gasteiger partial charge in [0.05, 0.1) is 11.3 Å². The van der Waals surface area contributed by atoms with Gasteiger partial charge in [-0.05, 0) is 26.0 Å². The smallest absolute Gasteiger partial charge is 0.257 e. The highest BCUT2D eigenvalue weighted by Gasteiger charge is 2.37. The quantitative estimate of drug-likeness (QED) is 0.868. The average molecular weight is 346 g/mol. The average Bonchev–Trinajstić information content (AvgIpc) is 3.05. The van der Waals surface area contributed by atoms with Crippen molar-refractivity contribution in [1.29, 1.82) is 0 Å². The zero-order valence-electron chi connectivity index (χ0n) is 13.4. The van der Waals surface area contributed by atoms with Crippen molar-refractivity contribution in [2.45, 2.75) is 31.2 Å². The van der Waals surface area contributed by atoms with E-state index in [1.54, 1.807) is 0 Å². The standard InChI is InChI=1S/C16H18N4O3S/c1-16(2)15(22)18-11(9-24-16)13(21)17-8-12-19-14(23-20-12)10-6-4-3-5-7-10/h3-7,11H,8-9H2,1-2H3,(H,17,21)(H,18,22)/t11-/m1/s1. The Hall–Kier alpha value is -2.35. The van der Waals surface area contributed by atoms with Crippen molar-refractivity contribution in [2.75, 3.05) is 5.75 Å². The van der Waals surface area contributed by atoms with Gasteiger partial charge < -0.3 is 15.2 Å². The summed E-state index contributed by atoms with van der Waals surface area (Å²) < 4.78 is 4.68. The molecule has 0 spiro atoms. The van der Waals surface area contributed by atoms with E-state index in [9.17, 15) is 9.59 Å². The van der Waals surface area contributed by atoms with Crippen molar-refractivity contribution in [1.82, 2.24) is 20.8 Å². The Morgan fingerprint density at radius 1 is 1.42 bits per heavy atom. The number of carbonyl (C=O) groups excluding carboxylic acids is 2. The Morgan fingerprint density at radius 2 is 2.17 bits per heavy atom. The lowest BCUT2D eigenvalue weighted by Crippen LogP contribution is -2.57. The number of hydrogen-bond donors (Lipinski definition) is 2. The fourth-order valence-corrected chi connectivity index (χ4v) is 3.19. The minimum absolute atomic E-state index is 0.134. The minimum atomic E-state index is -0.545. The largest absolute Gasteiger partial charge is 0.347 e. The van der Waals surface area contributed by atoms with Crippen LogP contribution in [0.4, 0.5) is 0 Å². The maximum absolute atomic E-state index is 12.2. The van der Waals surface area contributed by atoms with Crippen LogP contribution in [-0.4, -0.2) is 38.5 Å². The van der Waals surface area contributed by atoms with Gasteiger partial charge in [0.1, 0.15) is 6.04 Å². The molecule has 1 aromatic heterocycles. The van der Waals surface area contributed by atoms with Crippen LogP contribution < -0.4 is 10.6 Å². The molecule has 2 N–H and O–H groups in total. The Balaban J connectivity index is 1.56. The number of amides is 2. The normalized spacial score (nSPS) is 19.6. The molecular weight excluding hydrogens is 328 g/mol. The Morgan fingerprint density at radius 3 is 2.88 bits per heavy atom. The van der Waals surface area contributed by atoms with Gasteiger partial charge in [-0.3, -0.25) is 9.59 Å². The molecular formula is C16H18N4O3S. The molecule has 1 fully saturated rings. The molecule has 1 saturated heterocycles. The van der Waals surface area contributed by atoms with Gasteiger partial charge in [-0.2, -0.15) is 4.98 Å². The molecule has 0 aliphatic carbocycles. The summed E-state index contributed by atoms with van der Waals surface area (Å²) in [5.74, 6) is 0.939. The summed E-state index contributed by atoms with van der Waals surface area (Å²) in [6.45, 7) is 3.83. The SMILES string of the molecule is CC1(C)SC[C@H](C(=O)NCc2noc(-c3ccccc3)n2)NC1=O. The van der Waals surface area contributed by atoms with E-state index in [0.717, 1.165) is 5.56 Å². The van der Waals surface area contributed by atoms with E-state index in [0.29, 0.717) is 17.5 Å². The van der Waals surface area contributed by atoms with Gasteiger partial charge in [0.2, 0.25) is 11.8 Å². The number of carbonyl (C=O) groups is 2. The maximum atomic E-state index is 12.2. The fourth-order valence-electron chi connectivity index (χ4n) is 2.19. The fraction of sp³-hybridized carbons (Fsp3) is 0.375. The first kappa shape index (κ1) is 16.5. The van der Waals surface area contributed by atoms with Crippen LogP contribution in [-0.2, 0) is 16.1 Å². The van der Waals surface area contributed by atoms with Gasteiger partial charge in [0, 0.05) is 11.3 Å². The molecule has 1 atom stereocenters. The van der Waals surface area contributed by atoms with Crippen LogP contribution in [0.25, 0.3) is 11.5 Å². The van der Waals surface area contributed by atoms with E-state index in [2.05, 4.69) is 20.8 Å². The Labute approximate surface area is 143 Å². The van der Waals surface area contributed by atoms with E-state index in [4.69, 9.17) is 4.52 Å². The third-order valence-electron chi connectivity index (χ3n) is 3.69. The number of aromatic nitrogens is 2. The van der Waals surface area contributed by atoms with Gasteiger partial charge in [-0.25, -0.2) is 0 Å². The highest BCUT2D eigenvalue weighted by atomic mass is 32.2. The number of hydrogen-bond acceptors (Lipinski definition) is 6. The summed E-state index contributed by atoms with van der Waals surface area (Å²) in [4.78, 5) is 28.3. The van der Waals surface area contributed by atoms with E-state index in [-0.39, 0.29) is 18.4 Å². The van der Waals surface area contributed by atoms with Gasteiger partial charge in [0.25, 0.3) is 5.89 Å². The lowest BCUT2D eigenvalue weighted by molar-refractivity contribution is -0.129. The first-order valence-electron chi connectivity index (χ1n) is 7.56. The van der Waals surface area contributed by atoms with Crippen molar-refractivity contribution in [3.63, 3.8) is 0 Å². The van der Waals surface area contributed by atoms with Crippen molar-refractivity contribution in [3.8, 4) is 11.5 Å². The summed E-state index contributed by atoms with van der Waals surface area (Å²) in [6, 6.07) is 8.85. The predicted molar refractivity (Wildman–Crippen MR) is 90.0 cm³/mol. The van der Waals surface area contributed by atoms with Crippen molar-refractivity contribution in [3.05, 3.63) is 36.2 Å². The van der Waals surface area contributed by atoms with Crippen LogP contribution in [0.1, 0.15) is 19.7 Å². The first-order chi connectivity index (χ1) is 11.5. The molecule has 1 aromatic carbocycles. The monoisotopic (exact) mass is 346 g/mol. The molecule has 0 unspecified atom stereocenters. The highest BCUT2D eigenvalue weighted by molar-refractivity contribution is 8.01. The van der Waals surface area contributed by atoms with E-state index >= 15 is 0 Å². The van der Waals surface area contributed by atoms with Gasteiger partial charge in [-0.15, -0.1) is 11.8 Å². The molecule has 2 aromatic rings. The number of nitrogens with zero attached hydrogens (tertiary/aromatic N) is 2. The zero-order valence-corrected chi connectivity index (χ0v) is 14.2. The first-order valence-corrected chi connectivity index (χ1v) is 8.55. The highest BCUT2D eigenvalue weighted by Crippen LogP contribution is 2.29. The second-order valence-electron chi connectivity index (χ2n) is 5.95. The minimum Gasteiger partial charge on any atom is -0.347 e. The Kier molecular flexibility index (Phi) is 4.57. The maximum Gasteiger partial charge on any atom is 0.257 e.